The Labute approximate surface area is 140 Å². The van der Waals surface area contributed by atoms with Crippen LogP contribution < -0.4 is 11.5 Å². The number of carboxylic acid groups (broad SMARTS) is 1. The van der Waals surface area contributed by atoms with Crippen molar-refractivity contribution in [3.8, 4) is 0 Å². The van der Waals surface area contributed by atoms with E-state index in [0.717, 1.165) is 32.8 Å². The van der Waals surface area contributed by atoms with Gasteiger partial charge in [-0.1, -0.05) is 25.7 Å². The Morgan fingerprint density at radius 2 is 1.83 bits per heavy atom. The van der Waals surface area contributed by atoms with Crippen molar-refractivity contribution in [2.45, 2.75) is 61.8 Å². The lowest BCUT2D eigenvalue weighted by Gasteiger charge is -2.28. The van der Waals surface area contributed by atoms with Crippen molar-refractivity contribution in [2.24, 2.45) is 11.5 Å². The van der Waals surface area contributed by atoms with Crippen molar-refractivity contribution in [3.05, 3.63) is 0 Å². The second-order valence-electron chi connectivity index (χ2n) is 5.96. The summed E-state index contributed by atoms with van der Waals surface area (Å²) in [6.45, 7) is 0. The first-order valence-electron chi connectivity index (χ1n) is 7.82. The number of aliphatic carboxylic acids is 1. The lowest BCUT2D eigenvalue weighted by atomic mass is 9.91. The quantitative estimate of drug-likeness (QED) is 0.332. The molecule has 7 nitrogen and oxygen atoms in total. The van der Waals surface area contributed by atoms with Crippen molar-refractivity contribution in [2.75, 3.05) is 12.9 Å². The van der Waals surface area contributed by atoms with Crippen molar-refractivity contribution in [1.82, 2.24) is 0 Å². The monoisotopic (exact) mass is 346 g/mol. The van der Waals surface area contributed by atoms with E-state index in [2.05, 4.69) is 4.74 Å². The van der Waals surface area contributed by atoms with Gasteiger partial charge in [0.2, 0.25) is 0 Å². The van der Waals surface area contributed by atoms with E-state index in [4.69, 9.17) is 16.6 Å². The van der Waals surface area contributed by atoms with E-state index >= 15 is 0 Å². The maximum atomic E-state index is 12.4. The number of carbonyl (C=O) groups is 3. The van der Waals surface area contributed by atoms with Gasteiger partial charge < -0.3 is 21.3 Å². The summed E-state index contributed by atoms with van der Waals surface area (Å²) >= 11 is 1.48. The van der Waals surface area contributed by atoms with Crippen LogP contribution in [0.5, 0.6) is 0 Å². The Bertz CT molecular complexity index is 438. The zero-order chi connectivity index (χ0) is 17.5. The third kappa shape index (κ3) is 5.78. The summed E-state index contributed by atoms with van der Waals surface area (Å²) in [5, 5.41) is 9.11. The fourth-order valence-electron chi connectivity index (χ4n) is 2.68. The van der Waals surface area contributed by atoms with Gasteiger partial charge in [0.1, 0.15) is 0 Å². The van der Waals surface area contributed by atoms with Crippen LogP contribution in [0.1, 0.15) is 44.9 Å². The number of ketones is 1. The fourth-order valence-corrected chi connectivity index (χ4v) is 4.11. The molecule has 0 radical (unpaired) electrons. The molecular formula is C15H26N2O5S. The summed E-state index contributed by atoms with van der Waals surface area (Å²) in [4.78, 5) is 35.2. The molecule has 1 fully saturated rings. The van der Waals surface area contributed by atoms with Crippen molar-refractivity contribution < 1.29 is 24.2 Å². The highest BCUT2D eigenvalue weighted by Gasteiger charge is 2.46. The Balaban J connectivity index is 2.78. The standard InChI is InChI=1S/C15H26N2O5S/c1-22-14(21)15(17,13(20)11(16)8-12(18)19)9-23-10-6-4-2-3-5-7-10/h10-11H,2-9,16-17H2,1H3,(H,18,19)/t11-,15+/m0/s1. The van der Waals surface area contributed by atoms with E-state index < -0.39 is 35.7 Å². The maximum Gasteiger partial charge on any atom is 0.334 e. The third-order valence-corrected chi connectivity index (χ3v) is 5.63. The number of hydrogen-bond acceptors (Lipinski definition) is 7. The van der Waals surface area contributed by atoms with E-state index in [1.54, 1.807) is 0 Å². The van der Waals surface area contributed by atoms with E-state index in [9.17, 15) is 14.4 Å². The molecule has 0 aliphatic heterocycles. The van der Waals surface area contributed by atoms with Gasteiger partial charge in [-0.2, -0.15) is 11.8 Å². The summed E-state index contributed by atoms with van der Waals surface area (Å²) in [5.74, 6) is -2.82. The number of nitrogens with two attached hydrogens (primary N) is 2. The zero-order valence-corrected chi connectivity index (χ0v) is 14.3. The SMILES string of the molecule is COC(=O)[C@@](N)(CSC1CCCCCC1)C(=O)[C@@H](N)CC(=O)O. The molecule has 0 saturated heterocycles. The largest absolute Gasteiger partial charge is 0.481 e. The van der Waals surface area contributed by atoms with Gasteiger partial charge in [0.15, 0.2) is 11.3 Å². The van der Waals surface area contributed by atoms with Crippen LogP contribution >= 0.6 is 11.8 Å². The van der Waals surface area contributed by atoms with E-state index in [1.165, 1.54) is 24.6 Å². The van der Waals surface area contributed by atoms with Crippen LogP contribution in [0.25, 0.3) is 0 Å². The topological polar surface area (TPSA) is 133 Å². The summed E-state index contributed by atoms with van der Waals surface area (Å²) in [7, 11) is 1.15. The lowest BCUT2D eigenvalue weighted by molar-refractivity contribution is -0.151. The molecule has 0 amide bonds. The van der Waals surface area contributed by atoms with Crippen LogP contribution in [0.15, 0.2) is 0 Å². The Morgan fingerprint density at radius 1 is 1.26 bits per heavy atom. The Morgan fingerprint density at radius 3 is 2.30 bits per heavy atom. The van der Waals surface area contributed by atoms with Gasteiger partial charge in [-0.05, 0) is 12.8 Å². The van der Waals surface area contributed by atoms with Gasteiger partial charge in [-0.3, -0.25) is 9.59 Å². The predicted molar refractivity (Wildman–Crippen MR) is 88.1 cm³/mol. The number of esters is 1. The third-order valence-electron chi connectivity index (χ3n) is 4.07. The van der Waals surface area contributed by atoms with Crippen molar-refractivity contribution in [3.63, 3.8) is 0 Å². The number of carboxylic acids is 1. The first kappa shape index (κ1) is 19.9. The molecule has 8 heteroatoms. The van der Waals surface area contributed by atoms with Crippen molar-refractivity contribution in [1.29, 1.82) is 0 Å². The second-order valence-corrected chi connectivity index (χ2v) is 7.24. The first-order valence-corrected chi connectivity index (χ1v) is 8.86. The molecule has 1 aliphatic rings. The number of thioether (sulfide) groups is 1. The molecule has 0 aromatic rings. The summed E-state index contributed by atoms with van der Waals surface area (Å²) in [5.41, 5.74) is 9.71. The first-order chi connectivity index (χ1) is 10.8. The van der Waals surface area contributed by atoms with Crippen LogP contribution in [0.4, 0.5) is 0 Å². The molecule has 1 saturated carbocycles. The normalized spacial score (nSPS) is 20.1. The summed E-state index contributed by atoms with van der Waals surface area (Å²) in [6, 6.07) is -1.33. The number of methoxy groups -OCH3 is 1. The van der Waals surface area contributed by atoms with E-state index in [0.29, 0.717) is 5.25 Å². The predicted octanol–water partition coefficient (Wildman–Crippen LogP) is 0.684. The summed E-state index contributed by atoms with van der Waals surface area (Å²) < 4.78 is 4.66. The minimum absolute atomic E-state index is 0.0521. The van der Waals surface area contributed by atoms with Crippen molar-refractivity contribution >= 4 is 29.5 Å². The second kappa shape index (κ2) is 9.24. The summed E-state index contributed by atoms with van der Waals surface area (Å²) in [6.07, 6.45) is 6.13. The molecule has 2 atom stereocenters. The van der Waals surface area contributed by atoms with Crippen LogP contribution in [-0.4, -0.2) is 52.5 Å². The minimum atomic E-state index is -1.90. The van der Waals surface area contributed by atoms with Crippen LogP contribution in [0.3, 0.4) is 0 Å². The average molecular weight is 346 g/mol. The highest BCUT2D eigenvalue weighted by Crippen LogP contribution is 2.30. The van der Waals surface area contributed by atoms with Crippen LogP contribution in [0, 0.1) is 0 Å². The molecule has 132 valence electrons. The van der Waals surface area contributed by atoms with Gasteiger partial charge in [-0.15, -0.1) is 0 Å². The molecule has 0 heterocycles. The molecule has 0 unspecified atom stereocenters. The molecule has 0 bridgehead atoms. The molecular weight excluding hydrogens is 320 g/mol. The number of Topliss-reactive ketones (excluding diaryl/α,β-unsaturated/α-hetero) is 1. The van der Waals surface area contributed by atoms with Crippen LogP contribution in [0.2, 0.25) is 0 Å². The number of hydrogen-bond donors (Lipinski definition) is 3. The lowest BCUT2D eigenvalue weighted by Crippen LogP contribution is -2.62. The maximum absolute atomic E-state index is 12.4. The van der Waals surface area contributed by atoms with Gasteiger partial charge in [-0.25, -0.2) is 4.79 Å². The minimum Gasteiger partial charge on any atom is -0.481 e. The number of ether oxygens (including phenoxy) is 1. The number of carbonyl (C=O) groups excluding carboxylic acids is 2. The highest BCUT2D eigenvalue weighted by molar-refractivity contribution is 8.00. The fraction of sp³-hybridized carbons (Fsp3) is 0.800. The van der Waals surface area contributed by atoms with Gasteiger partial charge >= 0.3 is 11.9 Å². The zero-order valence-electron chi connectivity index (χ0n) is 13.5. The highest BCUT2D eigenvalue weighted by atomic mass is 32.2. The molecule has 0 aromatic heterocycles. The number of rotatable bonds is 8. The Hall–Kier alpha value is -1.12. The van der Waals surface area contributed by atoms with Gasteiger partial charge in [0.25, 0.3) is 0 Å². The molecule has 5 N–H and O–H groups in total. The molecule has 1 aliphatic carbocycles. The van der Waals surface area contributed by atoms with Gasteiger partial charge in [0.05, 0.1) is 19.6 Å². The van der Waals surface area contributed by atoms with E-state index in [1.807, 2.05) is 0 Å². The average Bonchev–Trinajstić information content (AvgIpc) is 2.79. The molecule has 0 aromatic carbocycles. The molecule has 1 rings (SSSR count). The van der Waals surface area contributed by atoms with Crippen LogP contribution in [-0.2, 0) is 19.1 Å². The van der Waals surface area contributed by atoms with E-state index in [-0.39, 0.29) is 5.75 Å². The molecule has 23 heavy (non-hydrogen) atoms. The van der Waals surface area contributed by atoms with Gasteiger partial charge in [0, 0.05) is 11.0 Å². The smallest absolute Gasteiger partial charge is 0.334 e. The Kier molecular flexibility index (Phi) is 8.01. The molecule has 0 spiro atoms.